The topological polar surface area (TPSA) is 68.9 Å². The Bertz CT molecular complexity index is 639. The molecule has 0 saturated heterocycles. The van der Waals surface area contributed by atoms with Crippen LogP contribution < -0.4 is 15.8 Å². The van der Waals surface area contributed by atoms with Crippen molar-refractivity contribution >= 4 is 11.6 Å². The fraction of sp³-hybridized carbons (Fsp3) is 0.278. The molecule has 5 nitrogen and oxygen atoms in total. The van der Waals surface area contributed by atoms with Gasteiger partial charge in [0.2, 0.25) is 0 Å². The van der Waals surface area contributed by atoms with E-state index in [9.17, 15) is 0 Å². The molecule has 0 saturated carbocycles. The predicted octanol–water partition coefficient (Wildman–Crippen LogP) is 3.16. The molecule has 0 aliphatic heterocycles. The molecule has 0 aliphatic rings. The van der Waals surface area contributed by atoms with Crippen LogP contribution >= 0.6 is 0 Å². The summed E-state index contributed by atoms with van der Waals surface area (Å²) in [7, 11) is 1.63. The lowest BCUT2D eigenvalue weighted by Crippen LogP contribution is -2.22. The van der Waals surface area contributed by atoms with Gasteiger partial charge in [-0.05, 0) is 30.2 Å². The fourth-order valence-corrected chi connectivity index (χ4v) is 2.03. The molecule has 0 spiro atoms. The minimum absolute atomic E-state index is 0.372. The summed E-state index contributed by atoms with van der Waals surface area (Å²) in [6.07, 6.45) is 0. The molecule has 0 radical (unpaired) electrons. The number of nitrogens with two attached hydrogens (primary N) is 1. The van der Waals surface area contributed by atoms with Crippen molar-refractivity contribution in [3.05, 3.63) is 59.7 Å². The molecule has 0 fully saturated rings. The third-order valence-electron chi connectivity index (χ3n) is 3.27. The number of rotatable bonds is 7. The molecule has 0 aromatic heterocycles. The van der Waals surface area contributed by atoms with Gasteiger partial charge in [-0.15, -0.1) is 0 Å². The molecular formula is C18H23N3O2. The average molecular weight is 313 g/mol. The van der Waals surface area contributed by atoms with Crippen LogP contribution in [0.15, 0.2) is 53.5 Å². The number of guanidine groups is 1. The fourth-order valence-electron chi connectivity index (χ4n) is 2.03. The van der Waals surface area contributed by atoms with Gasteiger partial charge in [-0.3, -0.25) is 0 Å². The molecule has 2 aromatic rings. The van der Waals surface area contributed by atoms with Crippen molar-refractivity contribution in [3.8, 4) is 5.75 Å². The van der Waals surface area contributed by atoms with Crippen LogP contribution in [0.25, 0.3) is 0 Å². The second-order valence-electron chi connectivity index (χ2n) is 5.01. The summed E-state index contributed by atoms with van der Waals surface area (Å²) in [5.41, 5.74) is 9.02. The van der Waals surface area contributed by atoms with Gasteiger partial charge in [0.05, 0.1) is 20.3 Å². The van der Waals surface area contributed by atoms with E-state index in [1.165, 1.54) is 0 Å². The molecule has 0 bridgehead atoms. The van der Waals surface area contributed by atoms with E-state index in [-0.39, 0.29) is 0 Å². The van der Waals surface area contributed by atoms with E-state index in [0.29, 0.717) is 19.1 Å². The van der Waals surface area contributed by atoms with Crippen LogP contribution in [-0.2, 0) is 17.9 Å². The SMILES string of the molecule is CCOCc1ccc(CN=C(N)Nc2cccc(OC)c2)cc1. The summed E-state index contributed by atoms with van der Waals surface area (Å²) in [6.45, 7) is 3.87. The van der Waals surface area contributed by atoms with Crippen LogP contribution in [0.5, 0.6) is 5.75 Å². The number of hydrogen-bond donors (Lipinski definition) is 2. The van der Waals surface area contributed by atoms with Crippen molar-refractivity contribution in [3.63, 3.8) is 0 Å². The molecule has 122 valence electrons. The Morgan fingerprint density at radius 3 is 2.57 bits per heavy atom. The number of hydrogen-bond acceptors (Lipinski definition) is 3. The second kappa shape index (κ2) is 8.80. The van der Waals surface area contributed by atoms with Gasteiger partial charge in [-0.2, -0.15) is 0 Å². The first kappa shape index (κ1) is 16.8. The number of methoxy groups -OCH3 is 1. The average Bonchev–Trinajstić information content (AvgIpc) is 2.59. The Morgan fingerprint density at radius 2 is 1.87 bits per heavy atom. The smallest absolute Gasteiger partial charge is 0.193 e. The largest absolute Gasteiger partial charge is 0.497 e. The van der Waals surface area contributed by atoms with E-state index >= 15 is 0 Å². The first-order chi connectivity index (χ1) is 11.2. The number of aliphatic imine (C=N–C) groups is 1. The lowest BCUT2D eigenvalue weighted by molar-refractivity contribution is 0.134. The Labute approximate surface area is 137 Å². The standard InChI is InChI=1S/C18H23N3O2/c1-3-23-13-15-9-7-14(8-10-15)12-20-18(19)21-16-5-4-6-17(11-16)22-2/h4-11H,3,12-13H2,1-2H3,(H3,19,20,21). The van der Waals surface area contributed by atoms with Crippen molar-refractivity contribution < 1.29 is 9.47 Å². The first-order valence-electron chi connectivity index (χ1n) is 7.58. The van der Waals surface area contributed by atoms with Crippen LogP contribution in [0.2, 0.25) is 0 Å². The minimum Gasteiger partial charge on any atom is -0.497 e. The zero-order valence-corrected chi connectivity index (χ0v) is 13.6. The van der Waals surface area contributed by atoms with Crippen molar-refractivity contribution in [2.75, 3.05) is 19.0 Å². The van der Waals surface area contributed by atoms with Crippen LogP contribution in [0.3, 0.4) is 0 Å². The summed E-state index contributed by atoms with van der Waals surface area (Å²) in [5, 5.41) is 3.05. The van der Waals surface area contributed by atoms with Crippen molar-refractivity contribution in [2.24, 2.45) is 10.7 Å². The van der Waals surface area contributed by atoms with Crippen LogP contribution in [-0.4, -0.2) is 19.7 Å². The van der Waals surface area contributed by atoms with Crippen LogP contribution in [0, 0.1) is 0 Å². The Morgan fingerprint density at radius 1 is 1.13 bits per heavy atom. The van der Waals surface area contributed by atoms with Crippen LogP contribution in [0.4, 0.5) is 5.69 Å². The third-order valence-corrected chi connectivity index (χ3v) is 3.27. The Kier molecular flexibility index (Phi) is 6.44. The molecule has 3 N–H and O–H groups in total. The normalized spacial score (nSPS) is 11.3. The Balaban J connectivity index is 1.90. The summed E-state index contributed by atoms with van der Waals surface area (Å²) in [5.74, 6) is 1.14. The van der Waals surface area contributed by atoms with Gasteiger partial charge in [0, 0.05) is 18.4 Å². The van der Waals surface area contributed by atoms with E-state index in [1.807, 2.05) is 55.5 Å². The molecular weight excluding hydrogens is 290 g/mol. The van der Waals surface area contributed by atoms with Gasteiger partial charge in [0.25, 0.3) is 0 Å². The minimum atomic E-state index is 0.372. The lowest BCUT2D eigenvalue weighted by Gasteiger charge is -2.07. The maximum atomic E-state index is 5.92. The quantitative estimate of drug-likeness (QED) is 0.608. The van der Waals surface area contributed by atoms with E-state index in [0.717, 1.165) is 29.2 Å². The predicted molar refractivity (Wildman–Crippen MR) is 93.7 cm³/mol. The van der Waals surface area contributed by atoms with Gasteiger partial charge < -0.3 is 20.5 Å². The van der Waals surface area contributed by atoms with Gasteiger partial charge >= 0.3 is 0 Å². The zero-order valence-electron chi connectivity index (χ0n) is 13.6. The third kappa shape index (κ3) is 5.64. The lowest BCUT2D eigenvalue weighted by atomic mass is 10.1. The number of benzene rings is 2. The number of nitrogens with zero attached hydrogens (tertiary/aromatic N) is 1. The number of nitrogens with one attached hydrogen (secondary N) is 1. The van der Waals surface area contributed by atoms with E-state index in [4.69, 9.17) is 15.2 Å². The summed E-state index contributed by atoms with van der Waals surface area (Å²) >= 11 is 0. The maximum absolute atomic E-state index is 5.92. The summed E-state index contributed by atoms with van der Waals surface area (Å²) in [6, 6.07) is 15.7. The maximum Gasteiger partial charge on any atom is 0.193 e. The number of anilines is 1. The molecule has 5 heteroatoms. The van der Waals surface area contributed by atoms with Gasteiger partial charge in [0.1, 0.15) is 5.75 Å². The van der Waals surface area contributed by atoms with Gasteiger partial charge in [-0.25, -0.2) is 4.99 Å². The van der Waals surface area contributed by atoms with Gasteiger partial charge in [0.15, 0.2) is 5.96 Å². The highest BCUT2D eigenvalue weighted by atomic mass is 16.5. The molecule has 2 aromatic carbocycles. The molecule has 23 heavy (non-hydrogen) atoms. The van der Waals surface area contributed by atoms with Gasteiger partial charge in [-0.1, -0.05) is 30.3 Å². The molecule has 0 aliphatic carbocycles. The van der Waals surface area contributed by atoms with E-state index < -0.39 is 0 Å². The van der Waals surface area contributed by atoms with Crippen LogP contribution in [0.1, 0.15) is 18.1 Å². The summed E-state index contributed by atoms with van der Waals surface area (Å²) in [4.78, 5) is 4.35. The second-order valence-corrected chi connectivity index (χ2v) is 5.01. The molecule has 0 atom stereocenters. The molecule has 0 amide bonds. The Hall–Kier alpha value is -2.53. The zero-order chi connectivity index (χ0) is 16.5. The molecule has 0 unspecified atom stereocenters. The van der Waals surface area contributed by atoms with E-state index in [2.05, 4.69) is 10.3 Å². The van der Waals surface area contributed by atoms with Crippen molar-refractivity contribution in [1.29, 1.82) is 0 Å². The highest BCUT2D eigenvalue weighted by Crippen LogP contribution is 2.16. The highest BCUT2D eigenvalue weighted by molar-refractivity contribution is 5.92. The highest BCUT2D eigenvalue weighted by Gasteiger charge is 1.98. The number of ether oxygens (including phenoxy) is 2. The van der Waals surface area contributed by atoms with Crippen molar-refractivity contribution in [1.82, 2.24) is 0 Å². The molecule has 0 heterocycles. The van der Waals surface area contributed by atoms with E-state index in [1.54, 1.807) is 7.11 Å². The molecule has 2 rings (SSSR count). The van der Waals surface area contributed by atoms with Crippen molar-refractivity contribution in [2.45, 2.75) is 20.1 Å². The monoisotopic (exact) mass is 313 g/mol. The first-order valence-corrected chi connectivity index (χ1v) is 7.58. The summed E-state index contributed by atoms with van der Waals surface area (Å²) < 4.78 is 10.5.